The van der Waals surface area contributed by atoms with Crippen LogP contribution in [0.15, 0.2) is 24.3 Å². The lowest BCUT2D eigenvalue weighted by atomic mass is 9.97. The van der Waals surface area contributed by atoms with Crippen molar-refractivity contribution in [1.29, 1.82) is 0 Å². The molecule has 0 aliphatic heterocycles. The molecule has 1 rings (SSSR count). The van der Waals surface area contributed by atoms with E-state index in [4.69, 9.17) is 16.7 Å². The van der Waals surface area contributed by atoms with Crippen molar-refractivity contribution in [2.45, 2.75) is 12.8 Å². The molecule has 0 aliphatic rings. The van der Waals surface area contributed by atoms with E-state index in [0.717, 1.165) is 5.56 Å². The van der Waals surface area contributed by atoms with Gasteiger partial charge in [-0.25, -0.2) is 0 Å². The molecule has 0 spiro atoms. The molecule has 0 saturated heterocycles. The summed E-state index contributed by atoms with van der Waals surface area (Å²) >= 11 is 5.70. The molecular formula is C11H12ClFO2. The summed E-state index contributed by atoms with van der Waals surface area (Å²) in [5.74, 6) is -1.61. The molecule has 1 aromatic carbocycles. The van der Waals surface area contributed by atoms with Gasteiger partial charge >= 0.3 is 5.97 Å². The van der Waals surface area contributed by atoms with Crippen LogP contribution in [0.5, 0.6) is 0 Å². The molecule has 0 heterocycles. The Bertz CT molecular complexity index is 324. The number of aliphatic carboxylic acids is 1. The zero-order valence-electron chi connectivity index (χ0n) is 8.12. The van der Waals surface area contributed by atoms with Crippen LogP contribution < -0.4 is 0 Å². The monoisotopic (exact) mass is 230 g/mol. The van der Waals surface area contributed by atoms with Gasteiger partial charge in [0.05, 0.1) is 12.6 Å². The molecule has 0 aromatic heterocycles. The molecule has 0 fully saturated rings. The van der Waals surface area contributed by atoms with Crippen LogP contribution >= 0.6 is 11.6 Å². The Morgan fingerprint density at radius 3 is 2.47 bits per heavy atom. The lowest BCUT2D eigenvalue weighted by Gasteiger charge is -2.09. The number of carboxylic acid groups (broad SMARTS) is 1. The zero-order chi connectivity index (χ0) is 11.3. The second-order valence-corrected chi connectivity index (χ2v) is 3.78. The highest BCUT2D eigenvalue weighted by Crippen LogP contribution is 2.15. The lowest BCUT2D eigenvalue weighted by molar-refractivity contribution is -0.142. The van der Waals surface area contributed by atoms with Crippen molar-refractivity contribution >= 4 is 17.6 Å². The summed E-state index contributed by atoms with van der Waals surface area (Å²) in [6.45, 7) is -0.607. The van der Waals surface area contributed by atoms with Crippen molar-refractivity contribution in [1.82, 2.24) is 0 Å². The molecular weight excluding hydrogens is 219 g/mol. The highest BCUT2D eigenvalue weighted by atomic mass is 35.5. The van der Waals surface area contributed by atoms with Crippen molar-refractivity contribution in [3.63, 3.8) is 0 Å². The molecule has 0 radical (unpaired) electrons. The van der Waals surface area contributed by atoms with Gasteiger partial charge in [0.25, 0.3) is 0 Å². The van der Waals surface area contributed by atoms with E-state index < -0.39 is 18.6 Å². The third-order valence-electron chi connectivity index (χ3n) is 2.20. The lowest BCUT2D eigenvalue weighted by Crippen LogP contribution is -2.17. The highest BCUT2D eigenvalue weighted by Gasteiger charge is 2.17. The number of hydrogen-bond acceptors (Lipinski definition) is 1. The van der Waals surface area contributed by atoms with Crippen LogP contribution in [0.1, 0.15) is 12.0 Å². The smallest absolute Gasteiger partial charge is 0.306 e. The Hall–Kier alpha value is -1.09. The third kappa shape index (κ3) is 3.88. The van der Waals surface area contributed by atoms with Crippen LogP contribution in [0.2, 0.25) is 5.02 Å². The van der Waals surface area contributed by atoms with Crippen molar-refractivity contribution in [3.8, 4) is 0 Å². The van der Waals surface area contributed by atoms with Crippen LogP contribution in [0.4, 0.5) is 4.39 Å². The molecule has 0 amide bonds. The van der Waals surface area contributed by atoms with E-state index in [1.165, 1.54) is 0 Å². The summed E-state index contributed by atoms with van der Waals surface area (Å²) in [7, 11) is 0. The molecule has 1 N–H and O–H groups in total. The first-order chi connectivity index (χ1) is 7.13. The number of benzene rings is 1. The summed E-state index contributed by atoms with van der Waals surface area (Å²) < 4.78 is 12.1. The van der Waals surface area contributed by atoms with Crippen LogP contribution in [0.3, 0.4) is 0 Å². The van der Waals surface area contributed by atoms with Gasteiger partial charge in [-0.1, -0.05) is 23.7 Å². The van der Waals surface area contributed by atoms with Gasteiger partial charge in [0.15, 0.2) is 0 Å². The molecule has 4 heteroatoms. The van der Waals surface area contributed by atoms with Gasteiger partial charge < -0.3 is 5.11 Å². The van der Waals surface area contributed by atoms with E-state index in [2.05, 4.69) is 0 Å². The maximum absolute atomic E-state index is 12.1. The first-order valence-corrected chi connectivity index (χ1v) is 5.04. The Balaban J connectivity index is 2.65. The van der Waals surface area contributed by atoms with Crippen LogP contribution in [0.25, 0.3) is 0 Å². The average molecular weight is 231 g/mol. The van der Waals surface area contributed by atoms with E-state index in [1.54, 1.807) is 24.3 Å². The first-order valence-electron chi connectivity index (χ1n) is 4.66. The normalized spacial score (nSPS) is 12.4. The zero-order valence-corrected chi connectivity index (χ0v) is 8.88. The summed E-state index contributed by atoms with van der Waals surface area (Å²) in [6, 6.07) is 6.92. The fourth-order valence-electron chi connectivity index (χ4n) is 1.35. The summed E-state index contributed by atoms with van der Waals surface area (Å²) in [5.41, 5.74) is 0.861. The Morgan fingerprint density at radius 2 is 2.00 bits per heavy atom. The van der Waals surface area contributed by atoms with Gasteiger partial charge in [-0.15, -0.1) is 0 Å². The summed E-state index contributed by atoms with van der Waals surface area (Å²) in [5, 5.41) is 9.44. The van der Waals surface area contributed by atoms with Gasteiger partial charge in [0.1, 0.15) is 0 Å². The predicted octanol–water partition coefficient (Wildman–Crippen LogP) is 2.94. The summed E-state index contributed by atoms with van der Waals surface area (Å²) in [6.07, 6.45) is 0.397. The second kappa shape index (κ2) is 5.71. The van der Waals surface area contributed by atoms with Gasteiger partial charge in [-0.3, -0.25) is 9.18 Å². The molecule has 15 heavy (non-hydrogen) atoms. The fourth-order valence-corrected chi connectivity index (χ4v) is 1.48. The van der Waals surface area contributed by atoms with Crippen LogP contribution in [0, 0.1) is 5.92 Å². The van der Waals surface area contributed by atoms with E-state index in [-0.39, 0.29) is 6.42 Å². The minimum atomic E-state index is -0.956. The second-order valence-electron chi connectivity index (χ2n) is 3.34. The van der Waals surface area contributed by atoms with Gasteiger partial charge in [0, 0.05) is 5.02 Å². The average Bonchev–Trinajstić information content (AvgIpc) is 2.20. The van der Waals surface area contributed by atoms with Crippen molar-refractivity contribution in [3.05, 3.63) is 34.9 Å². The Labute approximate surface area is 92.7 Å². The van der Waals surface area contributed by atoms with Crippen molar-refractivity contribution in [2.75, 3.05) is 6.67 Å². The molecule has 1 aromatic rings. The largest absolute Gasteiger partial charge is 0.481 e. The molecule has 1 unspecified atom stereocenters. The van der Waals surface area contributed by atoms with E-state index in [0.29, 0.717) is 11.4 Å². The Kier molecular flexibility index (Phi) is 4.56. The number of hydrogen-bond donors (Lipinski definition) is 1. The minimum absolute atomic E-state index is 0.0535. The maximum Gasteiger partial charge on any atom is 0.306 e. The standard InChI is InChI=1S/C11H12ClFO2/c12-10-3-1-8(2-4-10)7-9(5-6-13)11(14)15/h1-4,9H,5-7H2,(H,14,15). The molecule has 0 saturated carbocycles. The number of carboxylic acids is 1. The molecule has 2 nitrogen and oxygen atoms in total. The molecule has 82 valence electrons. The van der Waals surface area contributed by atoms with Crippen molar-refractivity contribution < 1.29 is 14.3 Å². The topological polar surface area (TPSA) is 37.3 Å². The van der Waals surface area contributed by atoms with E-state index in [9.17, 15) is 9.18 Å². The number of rotatable bonds is 5. The van der Waals surface area contributed by atoms with Crippen LogP contribution in [-0.2, 0) is 11.2 Å². The quantitative estimate of drug-likeness (QED) is 0.845. The Morgan fingerprint density at radius 1 is 1.40 bits per heavy atom. The van der Waals surface area contributed by atoms with Crippen LogP contribution in [-0.4, -0.2) is 17.8 Å². The van der Waals surface area contributed by atoms with Crippen molar-refractivity contribution in [2.24, 2.45) is 5.92 Å². The number of carbonyl (C=O) groups is 1. The molecule has 0 bridgehead atoms. The first kappa shape index (κ1) is 12.0. The van der Waals surface area contributed by atoms with Gasteiger partial charge in [-0.2, -0.15) is 0 Å². The fraction of sp³-hybridized carbons (Fsp3) is 0.364. The third-order valence-corrected chi connectivity index (χ3v) is 2.45. The SMILES string of the molecule is O=C(O)C(CCF)Cc1ccc(Cl)cc1. The van der Waals surface area contributed by atoms with E-state index >= 15 is 0 Å². The minimum Gasteiger partial charge on any atom is -0.481 e. The highest BCUT2D eigenvalue weighted by molar-refractivity contribution is 6.30. The van der Waals surface area contributed by atoms with E-state index in [1.807, 2.05) is 0 Å². The van der Waals surface area contributed by atoms with Gasteiger partial charge in [0.2, 0.25) is 0 Å². The predicted molar refractivity (Wildman–Crippen MR) is 56.9 cm³/mol. The molecule has 0 aliphatic carbocycles. The molecule has 1 atom stereocenters. The number of alkyl halides is 1. The number of halogens is 2. The maximum atomic E-state index is 12.1. The van der Waals surface area contributed by atoms with Gasteiger partial charge in [-0.05, 0) is 30.5 Å². The summed E-state index contributed by atoms with van der Waals surface area (Å²) in [4.78, 5) is 10.8.